The normalized spacial score (nSPS) is 13.8. The molecule has 3 heteroatoms. The van der Waals surface area contributed by atoms with Crippen molar-refractivity contribution < 1.29 is 5.11 Å². The summed E-state index contributed by atoms with van der Waals surface area (Å²) in [5.41, 5.74) is 1.86. The molecule has 0 radical (unpaired) electrons. The first-order chi connectivity index (χ1) is 10.2. The fraction of sp³-hybridized carbons (Fsp3) is 0.167. The van der Waals surface area contributed by atoms with Crippen molar-refractivity contribution in [2.75, 3.05) is 0 Å². The molecule has 21 heavy (non-hydrogen) atoms. The Kier molecular flexibility index (Phi) is 3.59. The number of nitrogens with zero attached hydrogens (tertiary/aromatic N) is 2. The molecule has 3 rings (SSSR count). The Balaban J connectivity index is 2.08. The SMILES string of the molecule is Cc1ccc(C(O)(Cn2ccnc2)c2ccccc2)cc1. The first kappa shape index (κ1) is 13.6. The van der Waals surface area contributed by atoms with Crippen molar-refractivity contribution >= 4 is 0 Å². The second-order valence-electron chi connectivity index (χ2n) is 5.33. The first-order valence-corrected chi connectivity index (χ1v) is 6.99. The molecule has 0 saturated carbocycles. The van der Waals surface area contributed by atoms with E-state index in [1.165, 1.54) is 5.56 Å². The van der Waals surface area contributed by atoms with Crippen molar-refractivity contribution in [2.45, 2.75) is 19.1 Å². The molecule has 0 fully saturated rings. The Morgan fingerprint density at radius 2 is 1.67 bits per heavy atom. The maximum atomic E-state index is 11.4. The summed E-state index contributed by atoms with van der Waals surface area (Å²) < 4.78 is 1.90. The third kappa shape index (κ3) is 2.73. The lowest BCUT2D eigenvalue weighted by Gasteiger charge is -2.30. The number of imidazole rings is 1. The fourth-order valence-electron chi connectivity index (χ4n) is 2.54. The summed E-state index contributed by atoms with van der Waals surface area (Å²) in [5.74, 6) is 0. The number of aryl methyl sites for hydroxylation is 1. The molecule has 1 aromatic heterocycles. The van der Waals surface area contributed by atoms with Gasteiger partial charge in [0.05, 0.1) is 12.9 Å². The molecule has 106 valence electrons. The van der Waals surface area contributed by atoms with E-state index in [4.69, 9.17) is 0 Å². The summed E-state index contributed by atoms with van der Waals surface area (Å²) >= 11 is 0. The van der Waals surface area contributed by atoms with E-state index in [-0.39, 0.29) is 0 Å². The van der Waals surface area contributed by atoms with Crippen LogP contribution < -0.4 is 0 Å². The van der Waals surface area contributed by atoms with Gasteiger partial charge in [0.2, 0.25) is 0 Å². The molecular formula is C18H18N2O. The summed E-state index contributed by atoms with van der Waals surface area (Å²) in [5, 5.41) is 11.4. The molecule has 0 saturated heterocycles. The molecular weight excluding hydrogens is 260 g/mol. The predicted molar refractivity (Wildman–Crippen MR) is 82.8 cm³/mol. The van der Waals surface area contributed by atoms with Crippen LogP contribution in [0.4, 0.5) is 0 Å². The molecule has 0 bridgehead atoms. The van der Waals surface area contributed by atoms with E-state index in [0.29, 0.717) is 6.54 Å². The highest BCUT2D eigenvalue weighted by atomic mass is 16.3. The lowest BCUT2D eigenvalue weighted by atomic mass is 9.86. The van der Waals surface area contributed by atoms with Crippen LogP contribution in [0, 0.1) is 6.92 Å². The Labute approximate surface area is 124 Å². The highest BCUT2D eigenvalue weighted by Crippen LogP contribution is 2.31. The zero-order valence-electron chi connectivity index (χ0n) is 12.0. The molecule has 1 unspecified atom stereocenters. The van der Waals surface area contributed by atoms with E-state index in [0.717, 1.165) is 11.1 Å². The number of hydrogen-bond donors (Lipinski definition) is 1. The Morgan fingerprint density at radius 3 is 2.29 bits per heavy atom. The van der Waals surface area contributed by atoms with Gasteiger partial charge in [-0.3, -0.25) is 0 Å². The molecule has 1 atom stereocenters. The summed E-state index contributed by atoms with van der Waals surface area (Å²) in [6, 6.07) is 17.8. The molecule has 3 aromatic rings. The monoisotopic (exact) mass is 278 g/mol. The third-order valence-corrected chi connectivity index (χ3v) is 3.75. The Bertz CT molecular complexity index is 690. The van der Waals surface area contributed by atoms with E-state index < -0.39 is 5.60 Å². The first-order valence-electron chi connectivity index (χ1n) is 6.99. The van der Waals surface area contributed by atoms with Crippen molar-refractivity contribution in [3.05, 3.63) is 90.0 Å². The van der Waals surface area contributed by atoms with Crippen LogP contribution in [0.25, 0.3) is 0 Å². The molecule has 0 aliphatic carbocycles. The Morgan fingerprint density at radius 1 is 1.00 bits per heavy atom. The van der Waals surface area contributed by atoms with Gasteiger partial charge in [-0.05, 0) is 18.1 Å². The molecule has 0 amide bonds. The van der Waals surface area contributed by atoms with Gasteiger partial charge in [0.25, 0.3) is 0 Å². The number of benzene rings is 2. The van der Waals surface area contributed by atoms with Crippen LogP contribution in [0.3, 0.4) is 0 Å². The molecule has 0 aliphatic heterocycles. The smallest absolute Gasteiger partial charge is 0.132 e. The third-order valence-electron chi connectivity index (χ3n) is 3.75. The fourth-order valence-corrected chi connectivity index (χ4v) is 2.54. The molecule has 1 heterocycles. The zero-order chi connectivity index (χ0) is 14.7. The average molecular weight is 278 g/mol. The number of aliphatic hydroxyl groups is 1. The van der Waals surface area contributed by atoms with E-state index >= 15 is 0 Å². The van der Waals surface area contributed by atoms with Gasteiger partial charge >= 0.3 is 0 Å². The van der Waals surface area contributed by atoms with Gasteiger partial charge in [0.1, 0.15) is 5.60 Å². The van der Waals surface area contributed by atoms with Crippen molar-refractivity contribution in [2.24, 2.45) is 0 Å². The van der Waals surface area contributed by atoms with E-state index in [1.54, 1.807) is 12.5 Å². The lowest BCUT2D eigenvalue weighted by molar-refractivity contribution is 0.0612. The van der Waals surface area contributed by atoms with Crippen LogP contribution in [0.2, 0.25) is 0 Å². The molecule has 0 spiro atoms. The highest BCUT2D eigenvalue weighted by Gasteiger charge is 2.31. The second kappa shape index (κ2) is 5.54. The van der Waals surface area contributed by atoms with E-state index in [2.05, 4.69) is 4.98 Å². The van der Waals surface area contributed by atoms with Gasteiger partial charge in [-0.2, -0.15) is 0 Å². The largest absolute Gasteiger partial charge is 0.378 e. The molecule has 1 N–H and O–H groups in total. The lowest BCUT2D eigenvalue weighted by Crippen LogP contribution is -2.32. The van der Waals surface area contributed by atoms with Gasteiger partial charge < -0.3 is 9.67 Å². The minimum Gasteiger partial charge on any atom is -0.378 e. The maximum absolute atomic E-state index is 11.4. The zero-order valence-corrected chi connectivity index (χ0v) is 12.0. The minimum absolute atomic E-state index is 0.431. The van der Waals surface area contributed by atoms with Crippen molar-refractivity contribution in [1.82, 2.24) is 9.55 Å². The van der Waals surface area contributed by atoms with Crippen LogP contribution in [-0.4, -0.2) is 14.7 Å². The maximum Gasteiger partial charge on any atom is 0.132 e. The number of rotatable bonds is 4. The van der Waals surface area contributed by atoms with E-state index in [9.17, 15) is 5.11 Å². The molecule has 3 nitrogen and oxygen atoms in total. The van der Waals surface area contributed by atoms with E-state index in [1.807, 2.05) is 72.3 Å². The molecule has 2 aromatic carbocycles. The van der Waals surface area contributed by atoms with Crippen molar-refractivity contribution in [3.8, 4) is 0 Å². The summed E-state index contributed by atoms with van der Waals surface area (Å²) in [6.45, 7) is 2.47. The van der Waals surface area contributed by atoms with Crippen molar-refractivity contribution in [3.63, 3.8) is 0 Å². The van der Waals surface area contributed by atoms with Crippen molar-refractivity contribution in [1.29, 1.82) is 0 Å². The van der Waals surface area contributed by atoms with Gasteiger partial charge in [0, 0.05) is 12.4 Å². The predicted octanol–water partition coefficient (Wildman–Crippen LogP) is 3.13. The van der Waals surface area contributed by atoms with Crippen LogP contribution in [0.5, 0.6) is 0 Å². The van der Waals surface area contributed by atoms with Gasteiger partial charge in [-0.15, -0.1) is 0 Å². The van der Waals surface area contributed by atoms with Gasteiger partial charge in [-0.25, -0.2) is 4.98 Å². The quantitative estimate of drug-likeness (QED) is 0.796. The van der Waals surface area contributed by atoms with Gasteiger partial charge in [-0.1, -0.05) is 60.2 Å². The average Bonchev–Trinajstić information content (AvgIpc) is 3.01. The van der Waals surface area contributed by atoms with Crippen LogP contribution in [0.15, 0.2) is 73.3 Å². The Hall–Kier alpha value is -2.39. The second-order valence-corrected chi connectivity index (χ2v) is 5.33. The van der Waals surface area contributed by atoms with Crippen LogP contribution in [0.1, 0.15) is 16.7 Å². The minimum atomic E-state index is -1.07. The molecule has 0 aliphatic rings. The highest BCUT2D eigenvalue weighted by molar-refractivity contribution is 5.37. The topological polar surface area (TPSA) is 38.0 Å². The van der Waals surface area contributed by atoms with Crippen LogP contribution >= 0.6 is 0 Å². The summed E-state index contributed by atoms with van der Waals surface area (Å²) in [4.78, 5) is 4.06. The standard InChI is InChI=1S/C18H18N2O/c1-15-7-9-17(10-8-15)18(21,13-20-12-11-19-14-20)16-5-3-2-4-6-16/h2-12,14,21H,13H2,1H3. The van der Waals surface area contributed by atoms with Gasteiger partial charge in [0.15, 0.2) is 0 Å². The van der Waals surface area contributed by atoms with Crippen LogP contribution in [-0.2, 0) is 12.1 Å². The number of aromatic nitrogens is 2. The summed E-state index contributed by atoms with van der Waals surface area (Å²) in [7, 11) is 0. The number of hydrogen-bond acceptors (Lipinski definition) is 2. The summed E-state index contributed by atoms with van der Waals surface area (Å²) in [6.07, 6.45) is 5.31.